The number of nitrogens with one attached hydrogen (secondary N) is 1. The Kier molecular flexibility index (Phi) is 4.25. The molecule has 0 amide bonds. The van der Waals surface area contributed by atoms with Gasteiger partial charge in [-0.2, -0.15) is 0 Å². The van der Waals surface area contributed by atoms with E-state index in [-0.39, 0.29) is 5.39 Å². The van der Waals surface area contributed by atoms with Gasteiger partial charge in [0.2, 0.25) is 0 Å². The van der Waals surface area contributed by atoms with Crippen molar-refractivity contribution in [1.82, 2.24) is 9.55 Å². The van der Waals surface area contributed by atoms with Gasteiger partial charge < -0.3 is 20.1 Å². The summed E-state index contributed by atoms with van der Waals surface area (Å²) in [7, 11) is 0. The number of hydrogen-bond acceptors (Lipinski definition) is 7. The monoisotopic (exact) mass is 376 g/mol. The number of nitrogens with zero attached hydrogens (tertiary/aromatic N) is 1. The van der Waals surface area contributed by atoms with E-state index in [1.165, 1.54) is 11.3 Å². The number of fused-ring (bicyclic) bond motifs is 1. The molecule has 1 aliphatic heterocycles. The zero-order chi connectivity index (χ0) is 18.4. The Labute approximate surface area is 150 Å². The largest absolute Gasteiger partial charge is 0.394 e. The van der Waals surface area contributed by atoms with E-state index in [2.05, 4.69) is 4.98 Å². The van der Waals surface area contributed by atoms with Gasteiger partial charge in [0.15, 0.2) is 6.23 Å². The summed E-state index contributed by atoms with van der Waals surface area (Å²) in [6.45, 7) is -0.504. The van der Waals surface area contributed by atoms with Crippen LogP contribution in [0.25, 0.3) is 20.7 Å². The average molecular weight is 376 g/mol. The Bertz CT molecular complexity index is 1060. The maximum Gasteiger partial charge on any atom is 0.331 e. The van der Waals surface area contributed by atoms with Gasteiger partial charge in [0.25, 0.3) is 5.56 Å². The molecule has 1 saturated heterocycles. The van der Waals surface area contributed by atoms with Crippen molar-refractivity contribution in [3.05, 3.63) is 57.2 Å². The molecule has 0 spiro atoms. The first-order chi connectivity index (χ1) is 12.5. The molecule has 1 aliphatic rings. The number of ether oxygens (including phenoxy) is 1. The molecule has 4 N–H and O–H groups in total. The van der Waals surface area contributed by atoms with Gasteiger partial charge in [0.1, 0.15) is 23.1 Å². The van der Waals surface area contributed by atoms with Crippen LogP contribution in [0.3, 0.4) is 0 Å². The summed E-state index contributed by atoms with van der Waals surface area (Å²) in [6.07, 6.45) is -4.98. The van der Waals surface area contributed by atoms with Gasteiger partial charge in [-0.15, -0.1) is 11.3 Å². The Morgan fingerprint density at radius 2 is 1.88 bits per heavy atom. The molecule has 136 valence electrons. The van der Waals surface area contributed by atoms with Crippen LogP contribution in [0.5, 0.6) is 0 Å². The quantitative estimate of drug-likeness (QED) is 0.511. The molecule has 4 atom stereocenters. The van der Waals surface area contributed by atoms with Gasteiger partial charge in [-0.3, -0.25) is 14.3 Å². The van der Waals surface area contributed by atoms with Crippen molar-refractivity contribution >= 4 is 21.6 Å². The number of benzene rings is 1. The molecule has 0 unspecified atom stereocenters. The minimum Gasteiger partial charge on any atom is -0.394 e. The maximum atomic E-state index is 12.4. The highest BCUT2D eigenvalue weighted by molar-refractivity contribution is 7.21. The zero-order valence-electron chi connectivity index (χ0n) is 13.4. The minimum absolute atomic E-state index is 0.284. The Hall–Kier alpha value is -2.30. The van der Waals surface area contributed by atoms with E-state index in [0.29, 0.717) is 4.83 Å². The Balaban J connectivity index is 1.92. The van der Waals surface area contributed by atoms with Crippen LogP contribution in [0, 0.1) is 0 Å². The molecular weight excluding hydrogens is 360 g/mol. The molecule has 4 rings (SSSR count). The molecule has 3 aromatic rings. The topological polar surface area (TPSA) is 125 Å². The fourth-order valence-electron chi connectivity index (χ4n) is 3.11. The van der Waals surface area contributed by atoms with Crippen molar-refractivity contribution in [2.75, 3.05) is 6.61 Å². The van der Waals surface area contributed by atoms with Crippen molar-refractivity contribution in [3.63, 3.8) is 0 Å². The van der Waals surface area contributed by atoms with Gasteiger partial charge in [0, 0.05) is 4.88 Å². The van der Waals surface area contributed by atoms with E-state index in [0.717, 1.165) is 15.0 Å². The second-order valence-corrected chi connectivity index (χ2v) is 7.08. The molecule has 3 heterocycles. The number of aliphatic hydroxyl groups is 3. The summed E-state index contributed by atoms with van der Waals surface area (Å²) >= 11 is 1.21. The zero-order valence-corrected chi connectivity index (χ0v) is 14.2. The molecule has 0 bridgehead atoms. The number of aromatic nitrogens is 2. The molecule has 9 heteroatoms. The smallest absolute Gasteiger partial charge is 0.331 e. The fourth-order valence-corrected chi connectivity index (χ4v) is 4.29. The summed E-state index contributed by atoms with van der Waals surface area (Å²) in [4.78, 5) is 28.0. The molecule has 1 aromatic carbocycles. The predicted molar refractivity (Wildman–Crippen MR) is 95.2 cm³/mol. The standard InChI is InChI=1S/C17H16N2O6S/c20-7-10-12(21)13(22)15(25-10)19-16-9(14(23)18-17(19)24)6-11(26-16)8-4-2-1-3-5-8/h1-6,10,12-13,15,20-22H,7H2,(H,18,23,24)/t10-,12-,13-,15-/m1/s1. The number of aromatic amines is 1. The van der Waals surface area contributed by atoms with Gasteiger partial charge >= 0.3 is 5.69 Å². The third-order valence-electron chi connectivity index (χ3n) is 4.45. The second kappa shape index (κ2) is 6.45. The molecule has 26 heavy (non-hydrogen) atoms. The Morgan fingerprint density at radius 1 is 1.15 bits per heavy atom. The number of thiophene rings is 1. The lowest BCUT2D eigenvalue weighted by molar-refractivity contribution is -0.0525. The minimum atomic E-state index is -1.42. The summed E-state index contributed by atoms with van der Waals surface area (Å²) < 4.78 is 6.58. The summed E-state index contributed by atoms with van der Waals surface area (Å²) in [6, 6.07) is 11.0. The molecule has 8 nitrogen and oxygen atoms in total. The first-order valence-corrected chi connectivity index (χ1v) is 8.79. The highest BCUT2D eigenvalue weighted by Crippen LogP contribution is 2.35. The van der Waals surface area contributed by atoms with Gasteiger partial charge in [0.05, 0.1) is 12.0 Å². The van der Waals surface area contributed by atoms with E-state index >= 15 is 0 Å². The van der Waals surface area contributed by atoms with Crippen LogP contribution in [-0.2, 0) is 4.74 Å². The summed E-state index contributed by atoms with van der Waals surface area (Å²) in [5, 5.41) is 29.8. The molecule has 0 saturated carbocycles. The second-order valence-electron chi connectivity index (χ2n) is 6.05. The Morgan fingerprint density at radius 3 is 2.54 bits per heavy atom. The number of H-pyrrole nitrogens is 1. The first-order valence-electron chi connectivity index (χ1n) is 7.97. The third kappa shape index (κ3) is 2.61. The highest BCUT2D eigenvalue weighted by atomic mass is 32.1. The van der Waals surface area contributed by atoms with E-state index in [9.17, 15) is 24.9 Å². The summed E-state index contributed by atoms with van der Waals surface area (Å²) in [5.41, 5.74) is -0.404. The lowest BCUT2D eigenvalue weighted by Gasteiger charge is -2.17. The van der Waals surface area contributed by atoms with Crippen molar-refractivity contribution in [1.29, 1.82) is 0 Å². The number of aliphatic hydroxyl groups excluding tert-OH is 3. The molecule has 2 aromatic heterocycles. The van der Waals surface area contributed by atoms with Crippen LogP contribution in [0.1, 0.15) is 6.23 Å². The van der Waals surface area contributed by atoms with Crippen molar-refractivity contribution < 1.29 is 20.1 Å². The van der Waals surface area contributed by atoms with E-state index in [4.69, 9.17) is 4.74 Å². The normalized spacial score (nSPS) is 25.8. The number of rotatable bonds is 3. The van der Waals surface area contributed by atoms with Crippen LogP contribution >= 0.6 is 11.3 Å². The van der Waals surface area contributed by atoms with E-state index < -0.39 is 42.4 Å². The van der Waals surface area contributed by atoms with Crippen LogP contribution in [0.4, 0.5) is 0 Å². The van der Waals surface area contributed by atoms with Crippen LogP contribution < -0.4 is 11.2 Å². The van der Waals surface area contributed by atoms with E-state index in [1.807, 2.05) is 30.3 Å². The predicted octanol–water partition coefficient (Wildman–Crippen LogP) is 0.0298. The fraction of sp³-hybridized carbons (Fsp3) is 0.294. The lowest BCUT2D eigenvalue weighted by Crippen LogP contribution is -2.38. The SMILES string of the molecule is O=c1[nH]c(=O)n([C@@H]2O[C@H](CO)[C@@H](O)[C@H]2O)c2sc(-c3ccccc3)cc12. The van der Waals surface area contributed by atoms with Crippen molar-refractivity contribution in [3.8, 4) is 10.4 Å². The number of hydrogen-bond donors (Lipinski definition) is 4. The third-order valence-corrected chi connectivity index (χ3v) is 5.63. The van der Waals surface area contributed by atoms with Crippen molar-refractivity contribution in [2.24, 2.45) is 0 Å². The maximum absolute atomic E-state index is 12.4. The van der Waals surface area contributed by atoms with E-state index in [1.54, 1.807) is 6.07 Å². The van der Waals surface area contributed by atoms with Crippen LogP contribution in [-0.4, -0.2) is 49.8 Å². The van der Waals surface area contributed by atoms with Crippen LogP contribution in [0.15, 0.2) is 46.0 Å². The molecule has 0 radical (unpaired) electrons. The van der Waals surface area contributed by atoms with Gasteiger partial charge in [-0.1, -0.05) is 30.3 Å². The van der Waals surface area contributed by atoms with Crippen molar-refractivity contribution in [2.45, 2.75) is 24.5 Å². The lowest BCUT2D eigenvalue weighted by atomic mass is 10.1. The van der Waals surface area contributed by atoms with Gasteiger partial charge in [-0.05, 0) is 11.6 Å². The average Bonchev–Trinajstić information content (AvgIpc) is 3.20. The molecule has 0 aliphatic carbocycles. The highest BCUT2D eigenvalue weighted by Gasteiger charge is 2.44. The molecule has 1 fully saturated rings. The van der Waals surface area contributed by atoms with Crippen LogP contribution in [0.2, 0.25) is 0 Å². The molecular formula is C17H16N2O6S. The first kappa shape index (κ1) is 17.1. The summed E-state index contributed by atoms with van der Waals surface area (Å²) in [5.74, 6) is 0. The van der Waals surface area contributed by atoms with Gasteiger partial charge in [-0.25, -0.2) is 4.79 Å².